The highest BCUT2D eigenvalue weighted by Gasteiger charge is 2.36. The molecular weight excluding hydrogens is 228 g/mol. The smallest absolute Gasteiger partial charge is 0.310 e. The van der Waals surface area contributed by atoms with E-state index in [1.165, 1.54) is 12.8 Å². The zero-order chi connectivity index (χ0) is 13.0. The molecule has 0 amide bonds. The number of likely N-dealkylation sites (N-methyl/N-ethyl adjacent to an activating group) is 1. The minimum Gasteiger partial charge on any atom is -0.466 e. The number of rotatable bonds is 3. The van der Waals surface area contributed by atoms with Crippen molar-refractivity contribution in [1.29, 1.82) is 0 Å². The van der Waals surface area contributed by atoms with E-state index in [-0.39, 0.29) is 11.9 Å². The van der Waals surface area contributed by atoms with E-state index in [9.17, 15) is 4.79 Å². The van der Waals surface area contributed by atoms with E-state index in [1.54, 1.807) is 0 Å². The maximum absolute atomic E-state index is 12.1. The molecule has 1 saturated heterocycles. The van der Waals surface area contributed by atoms with Crippen molar-refractivity contribution in [2.75, 3.05) is 39.8 Å². The number of nitrogens with zero attached hydrogens (tertiary/aromatic N) is 2. The van der Waals surface area contributed by atoms with Gasteiger partial charge in [-0.3, -0.25) is 9.69 Å². The molecule has 0 aromatic rings. The average molecular weight is 254 g/mol. The van der Waals surface area contributed by atoms with Crippen molar-refractivity contribution >= 4 is 5.97 Å². The molecule has 2 rings (SSSR count). The number of carbonyl (C=O) groups excluding carboxylic acids is 1. The molecule has 4 heteroatoms. The normalized spacial score (nSPS) is 31.2. The van der Waals surface area contributed by atoms with Gasteiger partial charge in [0.25, 0.3) is 0 Å². The van der Waals surface area contributed by atoms with Gasteiger partial charge in [0.05, 0.1) is 12.5 Å². The van der Waals surface area contributed by atoms with Gasteiger partial charge in [0.1, 0.15) is 0 Å². The predicted molar refractivity (Wildman–Crippen MR) is 71.4 cm³/mol. The summed E-state index contributed by atoms with van der Waals surface area (Å²) in [6.07, 6.45) is 4.60. The van der Waals surface area contributed by atoms with E-state index in [4.69, 9.17) is 4.74 Å². The van der Waals surface area contributed by atoms with Gasteiger partial charge in [0.2, 0.25) is 0 Å². The first-order valence-corrected chi connectivity index (χ1v) is 7.31. The Morgan fingerprint density at radius 3 is 2.50 bits per heavy atom. The van der Waals surface area contributed by atoms with Crippen molar-refractivity contribution < 1.29 is 9.53 Å². The van der Waals surface area contributed by atoms with E-state index in [1.807, 2.05) is 6.92 Å². The number of hydrogen-bond acceptors (Lipinski definition) is 4. The van der Waals surface area contributed by atoms with Gasteiger partial charge in [-0.2, -0.15) is 0 Å². The fraction of sp³-hybridized carbons (Fsp3) is 0.929. The molecule has 0 unspecified atom stereocenters. The molecule has 2 atom stereocenters. The summed E-state index contributed by atoms with van der Waals surface area (Å²) in [6.45, 7) is 6.82. The third kappa shape index (κ3) is 3.23. The van der Waals surface area contributed by atoms with Crippen molar-refractivity contribution in [2.45, 2.75) is 38.6 Å². The molecule has 2 fully saturated rings. The van der Waals surface area contributed by atoms with Gasteiger partial charge in [-0.15, -0.1) is 0 Å². The number of piperazine rings is 1. The van der Waals surface area contributed by atoms with E-state index < -0.39 is 0 Å². The Morgan fingerprint density at radius 1 is 1.17 bits per heavy atom. The quantitative estimate of drug-likeness (QED) is 0.712. The van der Waals surface area contributed by atoms with Gasteiger partial charge in [0, 0.05) is 32.2 Å². The first kappa shape index (κ1) is 13.8. The molecule has 4 nitrogen and oxygen atoms in total. The molecule has 0 radical (unpaired) electrons. The first-order valence-electron chi connectivity index (χ1n) is 7.31. The standard InChI is InChI=1S/C14H26N2O2/c1-3-18-14(17)12-6-4-5-7-13(12)16-10-8-15(2)9-11-16/h12-13H,3-11H2,1-2H3/t12-,13+/m1/s1. The Hall–Kier alpha value is -0.610. The Bertz CT molecular complexity index is 275. The van der Waals surface area contributed by atoms with Crippen LogP contribution in [0.4, 0.5) is 0 Å². The summed E-state index contributed by atoms with van der Waals surface area (Å²) in [7, 11) is 2.17. The summed E-state index contributed by atoms with van der Waals surface area (Å²) in [5, 5.41) is 0. The van der Waals surface area contributed by atoms with Crippen LogP contribution in [-0.4, -0.2) is 61.6 Å². The molecule has 1 aliphatic carbocycles. The van der Waals surface area contributed by atoms with Crippen molar-refractivity contribution in [3.05, 3.63) is 0 Å². The molecule has 0 spiro atoms. The zero-order valence-electron chi connectivity index (χ0n) is 11.7. The molecular formula is C14H26N2O2. The fourth-order valence-electron chi connectivity index (χ4n) is 3.23. The number of carbonyl (C=O) groups is 1. The lowest BCUT2D eigenvalue weighted by Gasteiger charge is -2.42. The lowest BCUT2D eigenvalue weighted by molar-refractivity contribution is -0.152. The minimum absolute atomic E-state index is 0.0288. The van der Waals surface area contributed by atoms with E-state index in [0.29, 0.717) is 12.6 Å². The topological polar surface area (TPSA) is 32.8 Å². The molecule has 1 aliphatic heterocycles. The fourth-order valence-corrected chi connectivity index (χ4v) is 3.23. The highest BCUT2D eigenvalue weighted by Crippen LogP contribution is 2.30. The monoisotopic (exact) mass is 254 g/mol. The molecule has 0 bridgehead atoms. The summed E-state index contributed by atoms with van der Waals surface area (Å²) < 4.78 is 5.25. The van der Waals surface area contributed by atoms with Crippen molar-refractivity contribution in [1.82, 2.24) is 9.80 Å². The Labute approximate surface area is 110 Å². The second-order valence-corrected chi connectivity index (χ2v) is 5.55. The number of ether oxygens (including phenoxy) is 1. The van der Waals surface area contributed by atoms with Crippen molar-refractivity contribution in [3.63, 3.8) is 0 Å². The summed E-state index contributed by atoms with van der Waals surface area (Å²) >= 11 is 0. The summed E-state index contributed by atoms with van der Waals surface area (Å²) in [6, 6.07) is 0.423. The SMILES string of the molecule is CCOC(=O)[C@@H]1CCCC[C@@H]1N1CCN(C)CC1. The molecule has 0 aromatic carbocycles. The van der Waals surface area contributed by atoms with Crippen LogP contribution < -0.4 is 0 Å². The third-order valence-electron chi connectivity index (χ3n) is 4.33. The molecule has 18 heavy (non-hydrogen) atoms. The molecule has 104 valence electrons. The molecule has 2 aliphatic rings. The van der Waals surface area contributed by atoms with Crippen LogP contribution in [0.5, 0.6) is 0 Å². The largest absolute Gasteiger partial charge is 0.466 e. The van der Waals surface area contributed by atoms with E-state index in [0.717, 1.165) is 39.0 Å². The second-order valence-electron chi connectivity index (χ2n) is 5.55. The zero-order valence-corrected chi connectivity index (χ0v) is 11.7. The van der Waals surface area contributed by atoms with Gasteiger partial charge >= 0.3 is 5.97 Å². The molecule has 0 aromatic heterocycles. The number of hydrogen-bond donors (Lipinski definition) is 0. The van der Waals surface area contributed by atoms with Gasteiger partial charge in [-0.1, -0.05) is 12.8 Å². The van der Waals surface area contributed by atoms with Crippen LogP contribution in [0.1, 0.15) is 32.6 Å². The predicted octanol–water partition coefficient (Wildman–Crippen LogP) is 1.36. The Kier molecular flexibility index (Phi) is 5.01. The van der Waals surface area contributed by atoms with Gasteiger partial charge < -0.3 is 9.64 Å². The van der Waals surface area contributed by atoms with Crippen LogP contribution in [0.2, 0.25) is 0 Å². The van der Waals surface area contributed by atoms with Crippen LogP contribution >= 0.6 is 0 Å². The van der Waals surface area contributed by atoms with Crippen LogP contribution in [-0.2, 0) is 9.53 Å². The maximum Gasteiger partial charge on any atom is 0.310 e. The van der Waals surface area contributed by atoms with Crippen LogP contribution in [0.25, 0.3) is 0 Å². The van der Waals surface area contributed by atoms with Crippen LogP contribution in [0, 0.1) is 5.92 Å². The minimum atomic E-state index is 0.0288. The van der Waals surface area contributed by atoms with Gasteiger partial charge in [-0.25, -0.2) is 0 Å². The number of esters is 1. The molecule has 1 saturated carbocycles. The van der Waals surface area contributed by atoms with Crippen LogP contribution in [0.3, 0.4) is 0 Å². The molecule has 1 heterocycles. The molecule has 0 N–H and O–H groups in total. The highest BCUT2D eigenvalue weighted by atomic mass is 16.5. The van der Waals surface area contributed by atoms with Crippen molar-refractivity contribution in [2.24, 2.45) is 5.92 Å². The maximum atomic E-state index is 12.1. The average Bonchev–Trinajstić information content (AvgIpc) is 2.40. The Morgan fingerprint density at radius 2 is 1.83 bits per heavy atom. The van der Waals surface area contributed by atoms with Gasteiger partial charge in [0.15, 0.2) is 0 Å². The van der Waals surface area contributed by atoms with Gasteiger partial charge in [-0.05, 0) is 26.8 Å². The van der Waals surface area contributed by atoms with E-state index >= 15 is 0 Å². The lowest BCUT2D eigenvalue weighted by Crippen LogP contribution is -2.53. The highest BCUT2D eigenvalue weighted by molar-refractivity contribution is 5.73. The summed E-state index contributed by atoms with van der Waals surface area (Å²) in [5.74, 6) is 0.142. The van der Waals surface area contributed by atoms with Crippen molar-refractivity contribution in [3.8, 4) is 0 Å². The first-order chi connectivity index (χ1) is 8.72. The second kappa shape index (κ2) is 6.53. The summed E-state index contributed by atoms with van der Waals surface area (Å²) in [5.41, 5.74) is 0. The third-order valence-corrected chi connectivity index (χ3v) is 4.33. The lowest BCUT2D eigenvalue weighted by atomic mass is 9.83. The van der Waals surface area contributed by atoms with E-state index in [2.05, 4.69) is 16.8 Å². The summed E-state index contributed by atoms with van der Waals surface area (Å²) in [4.78, 5) is 16.9. The Balaban J connectivity index is 1.96. The van der Waals surface area contributed by atoms with Crippen LogP contribution in [0.15, 0.2) is 0 Å².